The summed E-state index contributed by atoms with van der Waals surface area (Å²) in [7, 11) is -3.81. The fourth-order valence-electron chi connectivity index (χ4n) is 1.98. The fraction of sp³-hybridized carbons (Fsp3) is 0.562. The molecule has 0 bridgehead atoms. The van der Waals surface area contributed by atoms with Gasteiger partial charge >= 0.3 is 5.97 Å². The number of carboxylic acids is 1. The summed E-state index contributed by atoms with van der Waals surface area (Å²) < 4.78 is 32.9. The maximum atomic E-state index is 12.6. The summed E-state index contributed by atoms with van der Waals surface area (Å²) >= 11 is 0. The van der Waals surface area contributed by atoms with Gasteiger partial charge in [-0.15, -0.1) is 0 Å². The van der Waals surface area contributed by atoms with Crippen molar-refractivity contribution in [1.29, 1.82) is 0 Å². The second kappa shape index (κ2) is 9.61. The lowest BCUT2D eigenvalue weighted by Crippen LogP contribution is -2.32. The van der Waals surface area contributed by atoms with Gasteiger partial charge in [-0.2, -0.15) is 0 Å². The molecule has 0 amide bonds. The second-order valence-corrected chi connectivity index (χ2v) is 7.11. The van der Waals surface area contributed by atoms with E-state index in [1.54, 1.807) is 6.92 Å². The van der Waals surface area contributed by atoms with E-state index in [0.717, 1.165) is 0 Å². The summed E-state index contributed by atoms with van der Waals surface area (Å²) in [5.74, 6) is -1.17. The van der Waals surface area contributed by atoms with Gasteiger partial charge < -0.3 is 15.2 Å². The van der Waals surface area contributed by atoms with Crippen molar-refractivity contribution in [2.75, 3.05) is 25.1 Å². The lowest BCUT2D eigenvalue weighted by molar-refractivity contribution is 0.0696. The van der Waals surface area contributed by atoms with Crippen LogP contribution in [-0.4, -0.2) is 45.3 Å². The predicted molar refractivity (Wildman–Crippen MR) is 93.1 cm³/mol. The minimum atomic E-state index is -3.81. The number of anilines is 1. The van der Waals surface area contributed by atoms with Crippen LogP contribution >= 0.6 is 0 Å². The van der Waals surface area contributed by atoms with Gasteiger partial charge in [0.15, 0.2) is 0 Å². The molecular formula is C16H26N2O5S. The molecule has 8 heteroatoms. The Hall–Kier alpha value is -1.64. The molecule has 0 spiro atoms. The Bertz CT molecular complexity index is 646. The lowest BCUT2D eigenvalue weighted by Gasteiger charge is -2.16. The van der Waals surface area contributed by atoms with Gasteiger partial charge in [0.05, 0.1) is 11.3 Å². The molecule has 136 valence electrons. The molecule has 0 aliphatic carbocycles. The maximum absolute atomic E-state index is 12.6. The first kappa shape index (κ1) is 20.4. The van der Waals surface area contributed by atoms with Gasteiger partial charge in [0.25, 0.3) is 0 Å². The van der Waals surface area contributed by atoms with Crippen molar-refractivity contribution >= 4 is 21.7 Å². The van der Waals surface area contributed by atoms with Crippen LogP contribution < -0.4 is 10.0 Å². The minimum Gasteiger partial charge on any atom is -0.478 e. The van der Waals surface area contributed by atoms with E-state index in [-0.39, 0.29) is 16.5 Å². The molecule has 0 fully saturated rings. The summed E-state index contributed by atoms with van der Waals surface area (Å²) in [5.41, 5.74) is 0.312. The zero-order valence-electron chi connectivity index (χ0n) is 14.3. The maximum Gasteiger partial charge on any atom is 0.335 e. The largest absolute Gasteiger partial charge is 0.478 e. The first-order chi connectivity index (χ1) is 11.3. The van der Waals surface area contributed by atoms with Gasteiger partial charge in [-0.05, 0) is 44.9 Å². The molecule has 1 aromatic carbocycles. The normalized spacial score (nSPS) is 12.8. The molecule has 1 aromatic rings. The third kappa shape index (κ3) is 6.10. The fourth-order valence-corrected chi connectivity index (χ4v) is 3.51. The van der Waals surface area contributed by atoms with Gasteiger partial charge in [-0.3, -0.25) is 0 Å². The molecular weight excluding hydrogens is 332 g/mol. The first-order valence-electron chi connectivity index (χ1n) is 8.03. The Morgan fingerprint density at radius 1 is 1.33 bits per heavy atom. The average Bonchev–Trinajstić information content (AvgIpc) is 2.54. The molecule has 0 aliphatic heterocycles. The van der Waals surface area contributed by atoms with Crippen LogP contribution in [0.1, 0.15) is 44.0 Å². The Kier molecular flexibility index (Phi) is 8.17. The van der Waals surface area contributed by atoms with Gasteiger partial charge in [0, 0.05) is 25.8 Å². The van der Waals surface area contributed by atoms with Crippen molar-refractivity contribution in [3.63, 3.8) is 0 Å². The summed E-state index contributed by atoms with van der Waals surface area (Å²) in [6, 6.07) is 3.80. The Morgan fingerprint density at radius 2 is 2.04 bits per heavy atom. The summed E-state index contributed by atoms with van der Waals surface area (Å²) in [6.45, 7) is 7.26. The van der Waals surface area contributed by atoms with Crippen molar-refractivity contribution in [3.05, 3.63) is 23.8 Å². The van der Waals surface area contributed by atoms with E-state index in [0.29, 0.717) is 38.3 Å². The van der Waals surface area contributed by atoms with Crippen LogP contribution in [0.3, 0.4) is 0 Å². The van der Waals surface area contributed by atoms with E-state index in [1.807, 2.05) is 13.8 Å². The zero-order chi connectivity index (χ0) is 18.2. The van der Waals surface area contributed by atoms with Crippen LogP contribution in [0.25, 0.3) is 0 Å². The Labute approximate surface area is 143 Å². The number of carboxylic acid groups (broad SMARTS) is 1. The van der Waals surface area contributed by atoms with Crippen LogP contribution in [-0.2, 0) is 14.8 Å². The Balaban J connectivity index is 3.03. The SMILES string of the molecule is CCOCCCNc1ccc(C(=O)O)cc1S(=O)(=O)NC(C)CC. The third-order valence-corrected chi connectivity index (χ3v) is 5.10. The highest BCUT2D eigenvalue weighted by atomic mass is 32.2. The smallest absolute Gasteiger partial charge is 0.335 e. The zero-order valence-corrected chi connectivity index (χ0v) is 15.1. The molecule has 0 aromatic heterocycles. The molecule has 1 rings (SSSR count). The number of carbonyl (C=O) groups is 1. The number of sulfonamides is 1. The van der Waals surface area contributed by atoms with Crippen LogP contribution in [0.5, 0.6) is 0 Å². The summed E-state index contributed by atoms with van der Waals surface area (Å²) in [4.78, 5) is 11.1. The number of hydrogen-bond acceptors (Lipinski definition) is 5. The van der Waals surface area contributed by atoms with E-state index < -0.39 is 16.0 Å². The van der Waals surface area contributed by atoms with E-state index in [4.69, 9.17) is 9.84 Å². The van der Waals surface area contributed by atoms with Crippen molar-refractivity contribution < 1.29 is 23.1 Å². The van der Waals surface area contributed by atoms with Crippen molar-refractivity contribution in [3.8, 4) is 0 Å². The molecule has 0 saturated carbocycles. The van der Waals surface area contributed by atoms with E-state index in [1.165, 1.54) is 18.2 Å². The molecule has 3 N–H and O–H groups in total. The first-order valence-corrected chi connectivity index (χ1v) is 9.51. The molecule has 0 radical (unpaired) electrons. The third-order valence-electron chi connectivity index (χ3n) is 3.47. The molecule has 24 heavy (non-hydrogen) atoms. The van der Waals surface area contributed by atoms with Crippen molar-refractivity contribution in [2.45, 2.75) is 44.6 Å². The van der Waals surface area contributed by atoms with E-state index in [9.17, 15) is 13.2 Å². The summed E-state index contributed by atoms with van der Waals surface area (Å²) in [5, 5.41) is 12.2. The lowest BCUT2D eigenvalue weighted by atomic mass is 10.2. The van der Waals surface area contributed by atoms with Crippen molar-refractivity contribution in [2.24, 2.45) is 0 Å². The molecule has 0 heterocycles. The predicted octanol–water partition coefficient (Wildman–Crippen LogP) is 2.30. The second-order valence-electron chi connectivity index (χ2n) is 5.42. The minimum absolute atomic E-state index is 0.0564. The van der Waals surface area contributed by atoms with Gasteiger partial charge in [0.1, 0.15) is 4.90 Å². The highest BCUT2D eigenvalue weighted by Crippen LogP contribution is 2.23. The number of hydrogen-bond donors (Lipinski definition) is 3. The van der Waals surface area contributed by atoms with Crippen molar-refractivity contribution in [1.82, 2.24) is 4.72 Å². The standard InChI is InChI=1S/C16H26N2O5S/c1-4-12(3)18-24(21,22)15-11-13(16(19)20)7-8-14(15)17-9-6-10-23-5-2/h7-8,11-12,17-18H,4-6,9-10H2,1-3H3,(H,19,20). The molecule has 7 nitrogen and oxygen atoms in total. The van der Waals surface area contributed by atoms with Crippen LogP contribution in [0, 0.1) is 0 Å². The average molecular weight is 358 g/mol. The number of ether oxygens (including phenoxy) is 1. The number of aromatic carboxylic acids is 1. The topological polar surface area (TPSA) is 105 Å². The summed E-state index contributed by atoms with van der Waals surface area (Å²) in [6.07, 6.45) is 1.35. The highest BCUT2D eigenvalue weighted by Gasteiger charge is 2.22. The number of nitrogens with one attached hydrogen (secondary N) is 2. The molecule has 0 aliphatic rings. The van der Waals surface area contributed by atoms with Gasteiger partial charge in [-0.25, -0.2) is 17.9 Å². The van der Waals surface area contributed by atoms with Crippen LogP contribution in [0.15, 0.2) is 23.1 Å². The van der Waals surface area contributed by atoms with E-state index >= 15 is 0 Å². The molecule has 1 unspecified atom stereocenters. The number of rotatable bonds is 11. The van der Waals surface area contributed by atoms with Gasteiger partial charge in [-0.1, -0.05) is 6.92 Å². The molecule has 0 saturated heterocycles. The van der Waals surface area contributed by atoms with Gasteiger partial charge in [0.2, 0.25) is 10.0 Å². The van der Waals surface area contributed by atoms with Crippen LogP contribution in [0.2, 0.25) is 0 Å². The number of benzene rings is 1. The monoisotopic (exact) mass is 358 g/mol. The Morgan fingerprint density at radius 3 is 2.62 bits per heavy atom. The molecule has 1 atom stereocenters. The highest BCUT2D eigenvalue weighted by molar-refractivity contribution is 7.89. The van der Waals surface area contributed by atoms with Crippen LogP contribution in [0.4, 0.5) is 5.69 Å². The van der Waals surface area contributed by atoms with E-state index in [2.05, 4.69) is 10.0 Å². The quantitative estimate of drug-likeness (QED) is 0.524.